The maximum absolute atomic E-state index is 6.27. The third-order valence-corrected chi connectivity index (χ3v) is 4.35. The first-order chi connectivity index (χ1) is 9.70. The van der Waals surface area contributed by atoms with Crippen LogP contribution < -0.4 is 0 Å². The molecular formula is C17H15Cl2N. The Morgan fingerprint density at radius 1 is 0.950 bits per heavy atom. The summed E-state index contributed by atoms with van der Waals surface area (Å²) in [5.74, 6) is 0. The van der Waals surface area contributed by atoms with Crippen molar-refractivity contribution in [1.82, 2.24) is 4.57 Å². The van der Waals surface area contributed by atoms with Gasteiger partial charge < -0.3 is 4.57 Å². The number of rotatable bonds is 3. The molecule has 0 aliphatic heterocycles. The number of fused-ring (bicyclic) bond motifs is 1. The van der Waals surface area contributed by atoms with E-state index in [1.165, 1.54) is 16.5 Å². The van der Waals surface area contributed by atoms with E-state index in [-0.39, 0.29) is 0 Å². The van der Waals surface area contributed by atoms with Crippen molar-refractivity contribution in [2.45, 2.75) is 19.9 Å². The number of aromatic nitrogens is 1. The average Bonchev–Trinajstić information content (AvgIpc) is 2.86. The van der Waals surface area contributed by atoms with Crippen molar-refractivity contribution >= 4 is 34.1 Å². The van der Waals surface area contributed by atoms with Gasteiger partial charge in [0.05, 0.1) is 12.1 Å². The highest BCUT2D eigenvalue weighted by molar-refractivity contribution is 6.36. The van der Waals surface area contributed by atoms with Gasteiger partial charge in [0.15, 0.2) is 0 Å². The minimum atomic E-state index is 0.693. The standard InChI is InChI=1S/C17H15Cl2N/c1-2-12-5-3-6-13-9-10-20(17(12)13)11-14-15(18)7-4-8-16(14)19/h3-10H,2,11H2,1H3. The van der Waals surface area contributed by atoms with Crippen molar-refractivity contribution in [2.75, 3.05) is 0 Å². The number of benzene rings is 2. The number of hydrogen-bond acceptors (Lipinski definition) is 0. The average molecular weight is 304 g/mol. The largest absolute Gasteiger partial charge is 0.343 e. The Bertz CT molecular complexity index is 739. The van der Waals surface area contributed by atoms with E-state index < -0.39 is 0 Å². The molecule has 0 saturated carbocycles. The second-order valence-electron chi connectivity index (χ2n) is 4.85. The zero-order chi connectivity index (χ0) is 14.1. The molecule has 1 aromatic heterocycles. The lowest BCUT2D eigenvalue weighted by atomic mass is 10.1. The molecule has 0 aliphatic carbocycles. The lowest BCUT2D eigenvalue weighted by Gasteiger charge is -2.11. The highest BCUT2D eigenvalue weighted by Crippen LogP contribution is 2.28. The van der Waals surface area contributed by atoms with Crippen LogP contribution in [-0.2, 0) is 13.0 Å². The monoisotopic (exact) mass is 303 g/mol. The van der Waals surface area contributed by atoms with Crippen molar-refractivity contribution in [3.05, 3.63) is 69.8 Å². The fourth-order valence-corrected chi connectivity index (χ4v) is 3.13. The van der Waals surface area contributed by atoms with Gasteiger partial charge in [0.2, 0.25) is 0 Å². The van der Waals surface area contributed by atoms with E-state index in [9.17, 15) is 0 Å². The zero-order valence-electron chi connectivity index (χ0n) is 11.2. The van der Waals surface area contributed by atoms with Gasteiger partial charge in [0, 0.05) is 21.8 Å². The van der Waals surface area contributed by atoms with Crippen LogP contribution in [0, 0.1) is 0 Å². The highest BCUT2D eigenvalue weighted by atomic mass is 35.5. The van der Waals surface area contributed by atoms with E-state index in [4.69, 9.17) is 23.2 Å². The van der Waals surface area contributed by atoms with Crippen molar-refractivity contribution in [3.63, 3.8) is 0 Å². The Morgan fingerprint density at radius 2 is 1.65 bits per heavy atom. The first-order valence-corrected chi connectivity index (χ1v) is 7.46. The Morgan fingerprint density at radius 3 is 2.35 bits per heavy atom. The first kappa shape index (κ1) is 13.5. The van der Waals surface area contributed by atoms with Crippen LogP contribution in [0.15, 0.2) is 48.7 Å². The molecule has 0 amide bonds. The topological polar surface area (TPSA) is 4.93 Å². The van der Waals surface area contributed by atoms with Crippen LogP contribution in [0.3, 0.4) is 0 Å². The third kappa shape index (κ3) is 2.32. The number of hydrogen-bond donors (Lipinski definition) is 0. The SMILES string of the molecule is CCc1cccc2ccn(Cc3c(Cl)cccc3Cl)c12. The Labute approximate surface area is 128 Å². The molecule has 3 rings (SSSR count). The molecule has 0 unspecified atom stereocenters. The van der Waals surface area contributed by atoms with Crippen molar-refractivity contribution in [3.8, 4) is 0 Å². The summed E-state index contributed by atoms with van der Waals surface area (Å²) in [6.45, 7) is 2.87. The van der Waals surface area contributed by atoms with Gasteiger partial charge in [0.25, 0.3) is 0 Å². The summed E-state index contributed by atoms with van der Waals surface area (Å²) >= 11 is 12.5. The Balaban J connectivity index is 2.12. The lowest BCUT2D eigenvalue weighted by molar-refractivity contribution is 0.831. The predicted octanol–water partition coefficient (Wildman–Crippen LogP) is 5.56. The maximum Gasteiger partial charge on any atom is 0.0515 e. The molecule has 3 aromatic rings. The maximum atomic E-state index is 6.27. The second-order valence-corrected chi connectivity index (χ2v) is 5.67. The van der Waals surface area contributed by atoms with Gasteiger partial charge in [-0.05, 0) is 35.6 Å². The van der Waals surface area contributed by atoms with Crippen molar-refractivity contribution < 1.29 is 0 Å². The van der Waals surface area contributed by atoms with Gasteiger partial charge in [-0.3, -0.25) is 0 Å². The molecule has 2 aromatic carbocycles. The number of para-hydroxylation sites is 1. The molecule has 0 N–H and O–H groups in total. The lowest BCUT2D eigenvalue weighted by Crippen LogP contribution is -2.01. The van der Waals surface area contributed by atoms with Crippen molar-refractivity contribution in [2.24, 2.45) is 0 Å². The van der Waals surface area contributed by atoms with E-state index in [0.29, 0.717) is 16.6 Å². The number of halogens is 2. The van der Waals surface area contributed by atoms with Crippen molar-refractivity contribution in [1.29, 1.82) is 0 Å². The van der Waals surface area contributed by atoms with Crippen LogP contribution in [0.1, 0.15) is 18.1 Å². The van der Waals surface area contributed by atoms with Gasteiger partial charge >= 0.3 is 0 Å². The minimum absolute atomic E-state index is 0.693. The smallest absolute Gasteiger partial charge is 0.0515 e. The van der Waals surface area contributed by atoms with Gasteiger partial charge in [0.1, 0.15) is 0 Å². The summed E-state index contributed by atoms with van der Waals surface area (Å²) in [6.07, 6.45) is 3.11. The van der Waals surface area contributed by atoms with Gasteiger partial charge in [-0.15, -0.1) is 0 Å². The molecule has 1 nitrogen and oxygen atoms in total. The fourth-order valence-electron chi connectivity index (χ4n) is 2.61. The van der Waals surface area contributed by atoms with Gasteiger partial charge in [-0.1, -0.05) is 54.4 Å². The molecule has 102 valence electrons. The molecule has 0 atom stereocenters. The first-order valence-electron chi connectivity index (χ1n) is 6.70. The Kier molecular flexibility index (Phi) is 3.73. The van der Waals surface area contributed by atoms with E-state index in [2.05, 4.69) is 42.0 Å². The number of nitrogens with zero attached hydrogens (tertiary/aromatic N) is 1. The molecular weight excluding hydrogens is 289 g/mol. The summed E-state index contributed by atoms with van der Waals surface area (Å²) in [6, 6.07) is 14.2. The summed E-state index contributed by atoms with van der Waals surface area (Å²) < 4.78 is 2.22. The normalized spacial score (nSPS) is 11.2. The zero-order valence-corrected chi connectivity index (χ0v) is 12.7. The summed E-state index contributed by atoms with van der Waals surface area (Å²) in [5.41, 5.74) is 3.58. The molecule has 0 fully saturated rings. The summed E-state index contributed by atoms with van der Waals surface area (Å²) in [7, 11) is 0. The van der Waals surface area contributed by atoms with E-state index in [1.807, 2.05) is 18.2 Å². The molecule has 20 heavy (non-hydrogen) atoms. The van der Waals surface area contributed by atoms with Gasteiger partial charge in [-0.2, -0.15) is 0 Å². The van der Waals surface area contributed by atoms with Gasteiger partial charge in [-0.25, -0.2) is 0 Å². The van der Waals surface area contributed by atoms with Crippen LogP contribution in [-0.4, -0.2) is 4.57 Å². The molecule has 0 radical (unpaired) electrons. The molecule has 0 aliphatic rings. The molecule has 0 spiro atoms. The second kappa shape index (κ2) is 5.51. The van der Waals surface area contributed by atoms with E-state index >= 15 is 0 Å². The molecule has 3 heteroatoms. The van der Waals surface area contributed by atoms with Crippen LogP contribution in [0.2, 0.25) is 10.0 Å². The van der Waals surface area contributed by atoms with Crippen LogP contribution in [0.5, 0.6) is 0 Å². The predicted molar refractivity (Wildman–Crippen MR) is 86.9 cm³/mol. The highest BCUT2D eigenvalue weighted by Gasteiger charge is 2.10. The van der Waals surface area contributed by atoms with E-state index in [1.54, 1.807) is 0 Å². The van der Waals surface area contributed by atoms with Crippen LogP contribution in [0.4, 0.5) is 0 Å². The summed E-state index contributed by atoms with van der Waals surface area (Å²) in [5, 5.41) is 2.69. The summed E-state index contributed by atoms with van der Waals surface area (Å²) in [4.78, 5) is 0. The molecule has 1 heterocycles. The minimum Gasteiger partial charge on any atom is -0.343 e. The third-order valence-electron chi connectivity index (χ3n) is 3.64. The van der Waals surface area contributed by atoms with Crippen LogP contribution >= 0.6 is 23.2 Å². The quantitative estimate of drug-likeness (QED) is 0.597. The fraction of sp³-hybridized carbons (Fsp3) is 0.176. The Hall–Kier alpha value is -1.44. The number of aryl methyl sites for hydroxylation is 1. The molecule has 0 saturated heterocycles. The van der Waals surface area contributed by atoms with E-state index in [0.717, 1.165) is 12.0 Å². The molecule has 0 bridgehead atoms. The van der Waals surface area contributed by atoms with Crippen LogP contribution in [0.25, 0.3) is 10.9 Å².